The third kappa shape index (κ3) is 3.35. The third-order valence-electron chi connectivity index (χ3n) is 13.2. The second kappa shape index (κ2) is 8.72. The van der Waals surface area contributed by atoms with Crippen LogP contribution in [0.5, 0.6) is 0 Å². The summed E-state index contributed by atoms with van der Waals surface area (Å²) in [6, 6.07) is 0. The predicted molar refractivity (Wildman–Crippen MR) is 137 cm³/mol. The molecular weight excluding hydrogens is 504 g/mol. The molecule has 1 spiro atoms. The highest BCUT2D eigenvalue weighted by molar-refractivity contribution is 5.85. The highest BCUT2D eigenvalue weighted by Gasteiger charge is 2.81. The first-order valence-corrected chi connectivity index (χ1v) is 15.0. The third-order valence-corrected chi connectivity index (χ3v) is 13.2. The Balaban J connectivity index is 1.12. The van der Waals surface area contributed by atoms with Gasteiger partial charge in [-0.15, -0.1) is 0 Å². The normalized spacial score (nSPS) is 58.0. The van der Waals surface area contributed by atoms with Crippen LogP contribution in [0.4, 0.5) is 0 Å². The summed E-state index contributed by atoms with van der Waals surface area (Å²) >= 11 is 0. The van der Waals surface area contributed by atoms with Gasteiger partial charge in [0.25, 0.3) is 0 Å². The maximum atomic E-state index is 11.9. The van der Waals surface area contributed by atoms with Crippen LogP contribution >= 0.6 is 0 Å². The number of ether oxygens (including phenoxy) is 3. The molecule has 0 aromatic rings. The Morgan fingerprint density at radius 3 is 2.54 bits per heavy atom. The van der Waals surface area contributed by atoms with Crippen molar-refractivity contribution in [3.8, 4) is 0 Å². The van der Waals surface area contributed by atoms with Crippen molar-refractivity contribution in [3.05, 3.63) is 11.6 Å². The largest absolute Gasteiger partial charge is 0.458 e. The van der Waals surface area contributed by atoms with Gasteiger partial charge in [-0.1, -0.05) is 6.92 Å². The fourth-order valence-electron chi connectivity index (χ4n) is 11.5. The Labute approximate surface area is 229 Å². The Hall–Kier alpha value is -1.07. The Bertz CT molecular complexity index is 1060. The summed E-state index contributed by atoms with van der Waals surface area (Å²) in [5.74, 6) is 1.49. The van der Waals surface area contributed by atoms with Crippen LogP contribution in [-0.2, 0) is 19.0 Å². The quantitative estimate of drug-likeness (QED) is 0.329. The number of fused-ring (bicyclic) bond motifs is 4. The van der Waals surface area contributed by atoms with Gasteiger partial charge in [0.15, 0.2) is 6.29 Å². The molecule has 1 saturated heterocycles. The molecule has 0 unspecified atom stereocenters. The number of hydrogen-bond acceptors (Lipinski definition) is 9. The zero-order valence-electron chi connectivity index (χ0n) is 23.0. The Morgan fingerprint density at radius 2 is 1.82 bits per heavy atom. The summed E-state index contributed by atoms with van der Waals surface area (Å²) in [5, 5.41) is 53.8. The zero-order valence-corrected chi connectivity index (χ0v) is 23.0. The number of rotatable bonds is 4. The first-order valence-electron chi connectivity index (χ1n) is 15.0. The van der Waals surface area contributed by atoms with E-state index >= 15 is 0 Å². The van der Waals surface area contributed by atoms with E-state index in [1.807, 2.05) is 0 Å². The van der Waals surface area contributed by atoms with E-state index in [4.69, 9.17) is 14.2 Å². The van der Waals surface area contributed by atoms with Crippen molar-refractivity contribution in [2.75, 3.05) is 13.2 Å². The Morgan fingerprint density at radius 1 is 1.03 bits per heavy atom. The van der Waals surface area contributed by atoms with Crippen LogP contribution < -0.4 is 0 Å². The minimum Gasteiger partial charge on any atom is -0.458 e. The van der Waals surface area contributed by atoms with Gasteiger partial charge < -0.3 is 39.7 Å². The van der Waals surface area contributed by atoms with Crippen molar-refractivity contribution in [1.29, 1.82) is 0 Å². The van der Waals surface area contributed by atoms with Crippen LogP contribution in [0.1, 0.15) is 71.6 Å². The van der Waals surface area contributed by atoms with E-state index in [0.717, 1.165) is 44.1 Å². The van der Waals surface area contributed by atoms with Crippen molar-refractivity contribution < 1.29 is 44.5 Å². The lowest BCUT2D eigenvalue weighted by molar-refractivity contribution is -0.321. The zero-order chi connectivity index (χ0) is 27.5. The fourth-order valence-corrected chi connectivity index (χ4v) is 11.5. The van der Waals surface area contributed by atoms with Gasteiger partial charge in [-0.25, -0.2) is 4.79 Å². The summed E-state index contributed by atoms with van der Waals surface area (Å²) in [4.78, 5) is 11.8. The van der Waals surface area contributed by atoms with Crippen LogP contribution in [0, 0.1) is 39.9 Å². The van der Waals surface area contributed by atoms with Gasteiger partial charge in [0.05, 0.1) is 17.8 Å². The van der Waals surface area contributed by atoms with Crippen molar-refractivity contribution in [2.45, 2.75) is 114 Å². The van der Waals surface area contributed by atoms with Crippen molar-refractivity contribution in [1.82, 2.24) is 0 Å². The van der Waals surface area contributed by atoms with Crippen LogP contribution in [0.15, 0.2) is 11.6 Å². The molecule has 0 radical (unpaired) electrons. The maximum Gasteiger partial charge on any atom is 0.331 e. The molecule has 39 heavy (non-hydrogen) atoms. The maximum absolute atomic E-state index is 11.9. The van der Waals surface area contributed by atoms with Gasteiger partial charge in [0.1, 0.15) is 24.9 Å². The molecule has 7 rings (SSSR count). The van der Waals surface area contributed by atoms with Gasteiger partial charge >= 0.3 is 5.97 Å². The molecule has 2 heterocycles. The molecule has 7 aliphatic rings. The van der Waals surface area contributed by atoms with Crippen molar-refractivity contribution >= 4 is 5.97 Å². The smallest absolute Gasteiger partial charge is 0.331 e. The van der Waals surface area contributed by atoms with E-state index in [0.29, 0.717) is 49.5 Å². The van der Waals surface area contributed by atoms with E-state index in [1.54, 1.807) is 13.0 Å². The van der Waals surface area contributed by atoms with Gasteiger partial charge in [0.2, 0.25) is 0 Å². The summed E-state index contributed by atoms with van der Waals surface area (Å²) in [6.45, 7) is 4.51. The second-order valence-corrected chi connectivity index (χ2v) is 14.4. The predicted octanol–water partition coefficient (Wildman–Crippen LogP) is 1.43. The molecule has 218 valence electrons. The topological polar surface area (TPSA) is 146 Å². The molecule has 2 aliphatic heterocycles. The molecule has 0 aromatic heterocycles. The first kappa shape index (κ1) is 26.8. The second-order valence-electron chi connectivity index (χ2n) is 14.4. The molecule has 0 bridgehead atoms. The molecule has 5 aliphatic carbocycles. The van der Waals surface area contributed by atoms with E-state index in [-0.39, 0.29) is 29.5 Å². The number of esters is 1. The summed E-state index contributed by atoms with van der Waals surface area (Å²) < 4.78 is 17.2. The first-order chi connectivity index (χ1) is 18.5. The lowest BCUT2D eigenvalue weighted by Gasteiger charge is -2.74. The van der Waals surface area contributed by atoms with E-state index in [9.17, 15) is 30.3 Å². The van der Waals surface area contributed by atoms with Crippen LogP contribution in [-0.4, -0.2) is 87.1 Å². The molecule has 0 aromatic carbocycles. The molecule has 9 heteroatoms. The van der Waals surface area contributed by atoms with Crippen molar-refractivity contribution in [2.24, 2.45) is 39.9 Å². The molecular formula is C30H44O9. The lowest BCUT2D eigenvalue weighted by Crippen LogP contribution is -2.75. The highest BCUT2D eigenvalue weighted by atomic mass is 16.7. The number of cyclic esters (lactones) is 1. The minimum atomic E-state index is -1.37. The molecule has 5 saturated carbocycles. The average molecular weight is 549 g/mol. The van der Waals surface area contributed by atoms with Gasteiger partial charge in [-0.05, 0) is 93.0 Å². The van der Waals surface area contributed by atoms with Crippen LogP contribution in [0.2, 0.25) is 0 Å². The molecule has 6 fully saturated rings. The lowest BCUT2D eigenvalue weighted by atomic mass is 9.31. The summed E-state index contributed by atoms with van der Waals surface area (Å²) in [5.41, 5.74) is -0.451. The highest BCUT2D eigenvalue weighted by Crippen LogP contribution is 2.81. The van der Waals surface area contributed by atoms with Crippen LogP contribution in [0.3, 0.4) is 0 Å². The monoisotopic (exact) mass is 548 g/mol. The van der Waals surface area contributed by atoms with Gasteiger partial charge in [0, 0.05) is 29.9 Å². The van der Waals surface area contributed by atoms with Gasteiger partial charge in [-0.3, -0.25) is 0 Å². The molecule has 0 amide bonds. The van der Waals surface area contributed by atoms with E-state index in [2.05, 4.69) is 6.92 Å². The van der Waals surface area contributed by atoms with Gasteiger partial charge in [-0.2, -0.15) is 0 Å². The average Bonchev–Trinajstić information content (AvgIpc) is 3.53. The SMILES string of the molecule is C[C@@H]1O[C@@H](O[C@H]2C[C@]3(O)C[C@]4(CO)[C@H]5CC[C@]6(C)[C@@H](C7=CC(=O)OC7)CC[C@@H]6[C@@H]5CC[C@@]34C2)[C@@H](O)[C@H](O)[C@@H]1O. The number of carbonyl (C=O) groups excluding carboxylic acids is 1. The standard InChI is InChI=1S/C30H44O9/c1-15-23(33)24(34)25(35)26(38-15)39-17-10-29-8-5-18-20-4-3-19(16-9-22(32)37-12-16)27(20,2)7-6-21(18)28(29,14-31)13-30(29,36)11-17/h9,15,17-21,23-26,31,33-36H,3-8,10-14H2,1-2H3/t15-,17+,18-,19+,20+,21-,23+,24+,25-,26-,27+,28-,29-,30-/m0/s1. The number of hydrogen-bond donors (Lipinski definition) is 5. The number of carbonyl (C=O) groups is 1. The summed E-state index contributed by atoms with van der Waals surface area (Å²) in [6.07, 6.45) is 3.32. The molecule has 5 N–H and O–H groups in total. The van der Waals surface area contributed by atoms with E-state index < -0.39 is 41.7 Å². The number of aliphatic hydroxyl groups excluding tert-OH is 4. The van der Waals surface area contributed by atoms with E-state index in [1.165, 1.54) is 0 Å². The van der Waals surface area contributed by atoms with Crippen LogP contribution in [0.25, 0.3) is 0 Å². The number of aliphatic hydroxyl groups is 5. The molecule has 14 atom stereocenters. The minimum absolute atomic E-state index is 0.0497. The Kier molecular flexibility index (Phi) is 6.00. The fraction of sp³-hybridized carbons (Fsp3) is 0.900. The summed E-state index contributed by atoms with van der Waals surface area (Å²) in [7, 11) is 0. The van der Waals surface area contributed by atoms with Crippen molar-refractivity contribution in [3.63, 3.8) is 0 Å². The molecule has 9 nitrogen and oxygen atoms in total.